The molecule has 2 aromatic rings. The van der Waals surface area contributed by atoms with E-state index in [1.54, 1.807) is 0 Å². The number of nitrogens with zero attached hydrogens (tertiary/aromatic N) is 3. The Morgan fingerprint density at radius 3 is 2.55 bits per heavy atom. The number of alkyl halides is 2. The van der Waals surface area contributed by atoms with Gasteiger partial charge in [0.05, 0.1) is 14.9 Å². The number of thiophene rings is 1. The number of hydrogen-bond acceptors (Lipinski definition) is 8. The normalized spacial score (nSPS) is 17.7. The van der Waals surface area contributed by atoms with Gasteiger partial charge in [0.2, 0.25) is 21.8 Å². The van der Waals surface area contributed by atoms with Gasteiger partial charge in [-0.25, -0.2) is 8.42 Å². The summed E-state index contributed by atoms with van der Waals surface area (Å²) in [5.74, 6) is -2.20. The number of nitrogens with one attached hydrogen (secondary N) is 2. The van der Waals surface area contributed by atoms with E-state index in [-0.39, 0.29) is 29.4 Å². The number of rotatable bonds is 10. The minimum absolute atomic E-state index is 0.107. The molecule has 2 aliphatic heterocycles. The van der Waals surface area contributed by atoms with Crippen molar-refractivity contribution in [1.29, 1.82) is 0 Å². The van der Waals surface area contributed by atoms with E-state index in [0.29, 0.717) is 43.2 Å². The number of sulfonamides is 1. The lowest BCUT2D eigenvalue weighted by molar-refractivity contribution is -0.132. The summed E-state index contributed by atoms with van der Waals surface area (Å²) in [6.07, 6.45) is 2.06. The lowest BCUT2D eigenvalue weighted by Gasteiger charge is -2.30. The van der Waals surface area contributed by atoms with E-state index in [2.05, 4.69) is 14.8 Å². The van der Waals surface area contributed by atoms with Crippen LogP contribution in [0.3, 0.4) is 0 Å². The largest absolute Gasteiger partial charge is 0.431 e. The van der Waals surface area contributed by atoms with Gasteiger partial charge in [0.25, 0.3) is 5.91 Å². The first kappa shape index (κ1) is 32.1. The van der Waals surface area contributed by atoms with Crippen molar-refractivity contribution in [2.45, 2.75) is 43.2 Å². The fraction of sp³-hybridized carbons (Fsp3) is 0.500. The molecule has 0 aliphatic carbocycles. The molecule has 2 saturated heterocycles. The van der Waals surface area contributed by atoms with Crippen molar-refractivity contribution in [3.8, 4) is 5.75 Å². The number of carbonyl (C=O) groups is 3. The van der Waals surface area contributed by atoms with Gasteiger partial charge in [-0.15, -0.1) is 11.3 Å². The Kier molecular flexibility index (Phi) is 10.8. The highest BCUT2D eigenvalue weighted by Gasteiger charge is 2.35. The summed E-state index contributed by atoms with van der Waals surface area (Å²) in [6.45, 7) is -1.61. The van der Waals surface area contributed by atoms with Gasteiger partial charge in [0.15, 0.2) is 5.75 Å². The van der Waals surface area contributed by atoms with Crippen molar-refractivity contribution in [3.05, 3.63) is 39.5 Å². The molecule has 16 heteroatoms. The van der Waals surface area contributed by atoms with Crippen molar-refractivity contribution in [2.75, 3.05) is 51.2 Å². The third-order valence-electron chi connectivity index (χ3n) is 6.96. The molecule has 3 amide bonds. The number of amides is 3. The maximum atomic E-state index is 13.7. The molecule has 0 bridgehead atoms. The van der Waals surface area contributed by atoms with Crippen LogP contribution in [0.25, 0.3) is 0 Å². The van der Waals surface area contributed by atoms with Crippen LogP contribution in [-0.4, -0.2) is 94.9 Å². The molecule has 2 fully saturated rings. The molecule has 4 rings (SSSR count). The molecule has 1 atom stereocenters. The van der Waals surface area contributed by atoms with Gasteiger partial charge >= 0.3 is 6.61 Å². The van der Waals surface area contributed by atoms with Crippen LogP contribution >= 0.6 is 22.9 Å². The SMILES string of the molecule is CN1CCCN(C(=O)[C@H](CNC(=O)c2ccc(Cl)s2)NS(=O)(=O)c2cccc(N3CCCCC3=O)c2OC(F)F)CC1. The summed E-state index contributed by atoms with van der Waals surface area (Å²) in [6, 6.07) is 5.26. The van der Waals surface area contributed by atoms with Crippen molar-refractivity contribution >= 4 is 56.4 Å². The van der Waals surface area contributed by atoms with E-state index in [9.17, 15) is 31.6 Å². The van der Waals surface area contributed by atoms with E-state index in [4.69, 9.17) is 11.6 Å². The molecule has 2 N–H and O–H groups in total. The predicted octanol–water partition coefficient (Wildman–Crippen LogP) is 2.76. The molecule has 1 aromatic heterocycles. The minimum Gasteiger partial charge on any atom is -0.431 e. The number of halogens is 3. The fourth-order valence-electron chi connectivity index (χ4n) is 4.83. The van der Waals surface area contributed by atoms with Crippen LogP contribution in [0.4, 0.5) is 14.5 Å². The highest BCUT2D eigenvalue weighted by molar-refractivity contribution is 7.89. The quantitative estimate of drug-likeness (QED) is 0.406. The summed E-state index contributed by atoms with van der Waals surface area (Å²) >= 11 is 6.94. The van der Waals surface area contributed by atoms with E-state index in [1.165, 1.54) is 34.1 Å². The third-order valence-corrected chi connectivity index (χ3v) is 9.68. The summed E-state index contributed by atoms with van der Waals surface area (Å²) in [5.41, 5.74) is -0.107. The second-order valence-electron chi connectivity index (χ2n) is 9.96. The highest BCUT2D eigenvalue weighted by atomic mass is 35.5. The molecule has 42 heavy (non-hydrogen) atoms. The Labute approximate surface area is 251 Å². The summed E-state index contributed by atoms with van der Waals surface area (Å²) in [7, 11) is -2.79. The van der Waals surface area contributed by atoms with E-state index in [1.807, 2.05) is 11.9 Å². The average Bonchev–Trinajstić information content (AvgIpc) is 3.26. The number of carbonyl (C=O) groups excluding carboxylic acids is 3. The van der Waals surface area contributed by atoms with E-state index in [0.717, 1.165) is 23.9 Å². The van der Waals surface area contributed by atoms with Gasteiger partial charge in [-0.1, -0.05) is 17.7 Å². The van der Waals surface area contributed by atoms with Gasteiger partial charge in [-0.05, 0) is 57.1 Å². The van der Waals surface area contributed by atoms with Crippen LogP contribution in [0.5, 0.6) is 5.75 Å². The van der Waals surface area contributed by atoms with Crippen molar-refractivity contribution in [3.63, 3.8) is 0 Å². The molecule has 3 heterocycles. The number of piperidine rings is 1. The van der Waals surface area contributed by atoms with Crippen molar-refractivity contribution < 1.29 is 36.3 Å². The van der Waals surface area contributed by atoms with Gasteiger partial charge in [-0.2, -0.15) is 13.5 Å². The molecule has 11 nitrogen and oxygen atoms in total. The number of ether oxygens (including phenoxy) is 1. The summed E-state index contributed by atoms with van der Waals surface area (Å²) < 4.78 is 61.9. The van der Waals surface area contributed by atoms with Crippen molar-refractivity contribution in [2.24, 2.45) is 0 Å². The second-order valence-corrected chi connectivity index (χ2v) is 13.4. The van der Waals surface area contributed by atoms with Gasteiger partial charge in [0.1, 0.15) is 10.9 Å². The topological polar surface area (TPSA) is 128 Å². The first-order chi connectivity index (χ1) is 20.0. The monoisotopic (exact) mass is 647 g/mol. The lowest BCUT2D eigenvalue weighted by atomic mass is 10.1. The van der Waals surface area contributed by atoms with Crippen LogP contribution in [-0.2, 0) is 19.6 Å². The van der Waals surface area contributed by atoms with Crippen LogP contribution in [0, 0.1) is 0 Å². The number of benzene rings is 1. The Morgan fingerprint density at radius 1 is 1.07 bits per heavy atom. The maximum absolute atomic E-state index is 13.7. The van der Waals surface area contributed by atoms with Gasteiger partial charge in [0, 0.05) is 39.1 Å². The van der Waals surface area contributed by atoms with Crippen LogP contribution in [0.15, 0.2) is 35.2 Å². The predicted molar refractivity (Wildman–Crippen MR) is 154 cm³/mol. The zero-order valence-corrected chi connectivity index (χ0v) is 25.2. The van der Waals surface area contributed by atoms with E-state index >= 15 is 0 Å². The van der Waals surface area contributed by atoms with Gasteiger partial charge < -0.3 is 24.8 Å². The van der Waals surface area contributed by atoms with Crippen LogP contribution in [0.1, 0.15) is 35.4 Å². The molecule has 0 spiro atoms. The highest BCUT2D eigenvalue weighted by Crippen LogP contribution is 2.38. The van der Waals surface area contributed by atoms with Crippen LogP contribution in [0.2, 0.25) is 4.34 Å². The zero-order chi connectivity index (χ0) is 30.4. The zero-order valence-electron chi connectivity index (χ0n) is 22.9. The van der Waals surface area contributed by atoms with Gasteiger partial charge in [-0.3, -0.25) is 14.4 Å². The molecular formula is C26H32ClF2N5O6S2. The summed E-state index contributed by atoms with van der Waals surface area (Å²) in [4.78, 5) is 43.3. The van der Waals surface area contributed by atoms with E-state index < -0.39 is 51.7 Å². The Hall–Kier alpha value is -2.85. The first-order valence-electron chi connectivity index (χ1n) is 13.4. The lowest BCUT2D eigenvalue weighted by Crippen LogP contribution is -2.54. The number of para-hydroxylation sites is 1. The smallest absolute Gasteiger partial charge is 0.387 e. The van der Waals surface area contributed by atoms with Crippen molar-refractivity contribution in [1.82, 2.24) is 19.8 Å². The summed E-state index contributed by atoms with van der Waals surface area (Å²) in [5, 5.41) is 2.57. The Bertz CT molecular complexity index is 1410. The molecular weight excluding hydrogens is 616 g/mol. The first-order valence-corrected chi connectivity index (χ1v) is 16.1. The third kappa shape index (κ3) is 7.95. The van der Waals surface area contributed by atoms with Crippen LogP contribution < -0.4 is 19.7 Å². The molecule has 230 valence electrons. The molecule has 0 unspecified atom stereocenters. The Morgan fingerprint density at radius 2 is 1.86 bits per heavy atom. The number of likely N-dealkylation sites (N-methyl/N-ethyl adjacent to an activating group) is 1. The minimum atomic E-state index is -4.70. The number of hydrogen-bond donors (Lipinski definition) is 2. The molecule has 1 aromatic carbocycles. The fourth-order valence-corrected chi connectivity index (χ4v) is 7.13. The Balaban J connectivity index is 1.66. The molecule has 0 radical (unpaired) electrons. The molecule has 2 aliphatic rings. The standard InChI is InChI=1S/C26H32ClF2N5O6S2/c1-32-11-5-12-33(15-14-32)25(37)17(16-30-24(36)19-9-10-21(27)41-19)31-42(38,39)20-7-4-6-18(23(20)40-26(28)29)34-13-3-2-8-22(34)35/h4,6-7,9-10,17,26,31H,2-3,5,8,11-16H2,1H3,(H,30,36)/t17-/m0/s1. The maximum Gasteiger partial charge on any atom is 0.387 e. The average molecular weight is 648 g/mol. The number of anilines is 1. The molecule has 0 saturated carbocycles. The second kappa shape index (κ2) is 14.1.